The number of aromatic amines is 1. The fraction of sp³-hybridized carbons (Fsp3) is 0.143. The van der Waals surface area contributed by atoms with Crippen molar-refractivity contribution >= 4 is 27.8 Å². The SMILES string of the molecule is Cc1c(O)ccc2c(COC(=O)Cc3c[nH]c4ccccc34)cc(=O)oc12. The standard InChI is InChI=1S/C21H17NO5/c1-12-18(23)7-6-16-14(9-20(25)27-21(12)16)11-26-19(24)8-13-10-22-17-5-3-2-4-15(13)17/h2-7,9-10,22-23H,8,11H2,1H3. The van der Waals surface area contributed by atoms with Crippen molar-refractivity contribution in [2.45, 2.75) is 20.0 Å². The summed E-state index contributed by atoms with van der Waals surface area (Å²) < 4.78 is 10.6. The molecule has 2 aromatic heterocycles. The van der Waals surface area contributed by atoms with Gasteiger partial charge in [-0.25, -0.2) is 4.79 Å². The number of ether oxygens (including phenoxy) is 1. The smallest absolute Gasteiger partial charge is 0.336 e. The van der Waals surface area contributed by atoms with Crippen LogP contribution in [-0.2, 0) is 22.6 Å². The fourth-order valence-corrected chi connectivity index (χ4v) is 3.18. The first-order chi connectivity index (χ1) is 13.0. The average Bonchev–Trinajstić information content (AvgIpc) is 3.06. The van der Waals surface area contributed by atoms with Crippen LogP contribution in [0.3, 0.4) is 0 Å². The first-order valence-electron chi connectivity index (χ1n) is 8.49. The second-order valence-electron chi connectivity index (χ2n) is 6.37. The minimum Gasteiger partial charge on any atom is -0.508 e. The Balaban J connectivity index is 1.56. The zero-order chi connectivity index (χ0) is 19.0. The van der Waals surface area contributed by atoms with Crippen LogP contribution in [0.1, 0.15) is 16.7 Å². The number of para-hydroxylation sites is 1. The van der Waals surface area contributed by atoms with Gasteiger partial charge in [-0.2, -0.15) is 0 Å². The molecule has 0 saturated heterocycles. The lowest BCUT2D eigenvalue weighted by molar-refractivity contribution is -0.144. The van der Waals surface area contributed by atoms with E-state index in [1.807, 2.05) is 24.3 Å². The predicted octanol–water partition coefficient (Wildman–Crippen LogP) is 3.57. The minimum atomic E-state index is -0.557. The van der Waals surface area contributed by atoms with Crippen LogP contribution in [0.5, 0.6) is 5.75 Å². The molecular formula is C21H17NO5. The number of benzene rings is 2. The Morgan fingerprint density at radius 3 is 2.81 bits per heavy atom. The van der Waals surface area contributed by atoms with Gasteiger partial charge in [-0.15, -0.1) is 0 Å². The van der Waals surface area contributed by atoms with Gasteiger partial charge in [-0.05, 0) is 30.7 Å². The molecule has 136 valence electrons. The molecule has 6 heteroatoms. The number of aromatic hydroxyl groups is 1. The number of esters is 1. The Kier molecular flexibility index (Phi) is 4.16. The number of rotatable bonds is 4. The van der Waals surface area contributed by atoms with Gasteiger partial charge < -0.3 is 19.2 Å². The molecule has 4 aromatic rings. The number of phenolic OH excluding ortho intramolecular Hbond substituents is 1. The third-order valence-corrected chi connectivity index (χ3v) is 4.62. The number of nitrogens with one attached hydrogen (secondary N) is 1. The molecule has 0 atom stereocenters. The van der Waals surface area contributed by atoms with Crippen molar-refractivity contribution in [3.05, 3.63) is 75.8 Å². The molecule has 0 spiro atoms. The second-order valence-corrected chi connectivity index (χ2v) is 6.37. The summed E-state index contributed by atoms with van der Waals surface area (Å²) in [6, 6.07) is 12.2. The molecule has 0 saturated carbocycles. The molecule has 0 bridgehead atoms. The van der Waals surface area contributed by atoms with Crippen molar-refractivity contribution in [3.8, 4) is 5.75 Å². The zero-order valence-corrected chi connectivity index (χ0v) is 14.6. The Bertz CT molecular complexity index is 1220. The number of aromatic nitrogens is 1. The lowest BCUT2D eigenvalue weighted by Gasteiger charge is -2.09. The molecule has 6 nitrogen and oxygen atoms in total. The summed E-state index contributed by atoms with van der Waals surface area (Å²) in [5.74, 6) is -0.351. The van der Waals surface area contributed by atoms with E-state index in [9.17, 15) is 14.7 Å². The highest BCUT2D eigenvalue weighted by molar-refractivity contribution is 5.88. The van der Waals surface area contributed by atoms with Crippen LogP contribution in [0.4, 0.5) is 0 Å². The lowest BCUT2D eigenvalue weighted by Crippen LogP contribution is -2.10. The Hall–Kier alpha value is -3.54. The molecule has 0 unspecified atom stereocenters. The van der Waals surface area contributed by atoms with Gasteiger partial charge in [0.2, 0.25) is 0 Å². The largest absolute Gasteiger partial charge is 0.508 e. The van der Waals surface area contributed by atoms with Crippen LogP contribution in [0.2, 0.25) is 0 Å². The molecule has 0 aliphatic rings. The summed E-state index contributed by atoms with van der Waals surface area (Å²) in [6.45, 7) is 1.61. The molecular weight excluding hydrogens is 346 g/mol. The Morgan fingerprint density at radius 1 is 1.15 bits per heavy atom. The first-order valence-corrected chi connectivity index (χ1v) is 8.49. The summed E-state index contributed by atoms with van der Waals surface area (Å²) >= 11 is 0. The van der Waals surface area contributed by atoms with E-state index in [-0.39, 0.29) is 18.8 Å². The van der Waals surface area contributed by atoms with Crippen LogP contribution < -0.4 is 5.63 Å². The number of hydrogen-bond donors (Lipinski definition) is 2. The predicted molar refractivity (Wildman–Crippen MR) is 101 cm³/mol. The molecule has 2 N–H and O–H groups in total. The summed E-state index contributed by atoms with van der Waals surface area (Å²) in [6.07, 6.45) is 1.92. The van der Waals surface area contributed by atoms with Crippen LogP contribution in [0.15, 0.2) is 57.9 Å². The second kappa shape index (κ2) is 6.64. The summed E-state index contributed by atoms with van der Waals surface area (Å²) in [7, 11) is 0. The first kappa shape index (κ1) is 16.9. The van der Waals surface area contributed by atoms with E-state index < -0.39 is 11.6 Å². The quantitative estimate of drug-likeness (QED) is 0.427. The lowest BCUT2D eigenvalue weighted by atomic mass is 10.1. The topological polar surface area (TPSA) is 92.5 Å². The van der Waals surface area contributed by atoms with Crippen molar-refractivity contribution in [3.63, 3.8) is 0 Å². The van der Waals surface area contributed by atoms with E-state index in [4.69, 9.17) is 9.15 Å². The molecule has 0 aliphatic heterocycles. The number of aryl methyl sites for hydroxylation is 1. The molecule has 0 aliphatic carbocycles. The van der Waals surface area contributed by atoms with Crippen molar-refractivity contribution < 1.29 is 19.1 Å². The molecule has 27 heavy (non-hydrogen) atoms. The molecule has 2 heterocycles. The maximum Gasteiger partial charge on any atom is 0.336 e. The van der Waals surface area contributed by atoms with Gasteiger partial charge in [0, 0.05) is 39.7 Å². The van der Waals surface area contributed by atoms with E-state index in [0.29, 0.717) is 22.1 Å². The minimum absolute atomic E-state index is 0.0409. The van der Waals surface area contributed by atoms with Gasteiger partial charge in [0.1, 0.15) is 17.9 Å². The number of hydrogen-bond acceptors (Lipinski definition) is 5. The Morgan fingerprint density at radius 2 is 1.96 bits per heavy atom. The van der Waals surface area contributed by atoms with Crippen molar-refractivity contribution in [2.75, 3.05) is 0 Å². The number of phenols is 1. The highest BCUT2D eigenvalue weighted by Crippen LogP contribution is 2.27. The van der Waals surface area contributed by atoms with Gasteiger partial charge in [0.05, 0.1) is 6.42 Å². The molecule has 0 amide bonds. The highest BCUT2D eigenvalue weighted by atomic mass is 16.5. The molecule has 0 fully saturated rings. The van der Waals surface area contributed by atoms with E-state index in [1.54, 1.807) is 19.2 Å². The van der Waals surface area contributed by atoms with Crippen LogP contribution >= 0.6 is 0 Å². The number of carbonyl (C=O) groups is 1. The average molecular weight is 363 g/mol. The van der Waals surface area contributed by atoms with Crippen molar-refractivity contribution in [1.29, 1.82) is 0 Å². The van der Waals surface area contributed by atoms with Gasteiger partial charge >= 0.3 is 11.6 Å². The maximum absolute atomic E-state index is 12.3. The molecule has 4 rings (SSSR count). The molecule has 0 radical (unpaired) electrons. The summed E-state index contributed by atoms with van der Waals surface area (Å²) in [5.41, 5.74) is 2.56. The third kappa shape index (κ3) is 3.17. The van der Waals surface area contributed by atoms with Crippen molar-refractivity contribution in [2.24, 2.45) is 0 Å². The monoisotopic (exact) mass is 363 g/mol. The highest BCUT2D eigenvalue weighted by Gasteiger charge is 2.14. The summed E-state index contributed by atoms with van der Waals surface area (Å²) in [5, 5.41) is 11.4. The fourth-order valence-electron chi connectivity index (χ4n) is 3.18. The van der Waals surface area contributed by atoms with Gasteiger partial charge in [0.25, 0.3) is 0 Å². The molecule has 2 aromatic carbocycles. The van der Waals surface area contributed by atoms with E-state index in [2.05, 4.69) is 4.98 Å². The van der Waals surface area contributed by atoms with Gasteiger partial charge in [-0.3, -0.25) is 4.79 Å². The maximum atomic E-state index is 12.3. The van der Waals surface area contributed by atoms with Crippen LogP contribution in [0.25, 0.3) is 21.9 Å². The van der Waals surface area contributed by atoms with Crippen molar-refractivity contribution in [1.82, 2.24) is 4.98 Å². The van der Waals surface area contributed by atoms with Crippen LogP contribution in [-0.4, -0.2) is 16.1 Å². The number of H-pyrrole nitrogens is 1. The van der Waals surface area contributed by atoms with E-state index in [1.165, 1.54) is 12.1 Å². The van der Waals surface area contributed by atoms with Crippen LogP contribution in [0, 0.1) is 6.92 Å². The van der Waals surface area contributed by atoms with E-state index >= 15 is 0 Å². The van der Waals surface area contributed by atoms with Gasteiger partial charge in [-0.1, -0.05) is 18.2 Å². The van der Waals surface area contributed by atoms with E-state index in [0.717, 1.165) is 16.5 Å². The summed E-state index contributed by atoms with van der Waals surface area (Å²) in [4.78, 5) is 27.2. The third-order valence-electron chi connectivity index (χ3n) is 4.62. The Labute approximate surface area is 154 Å². The normalized spacial score (nSPS) is 11.1. The van der Waals surface area contributed by atoms with Gasteiger partial charge in [0.15, 0.2) is 0 Å². The number of carbonyl (C=O) groups excluding carboxylic acids is 1. The zero-order valence-electron chi connectivity index (χ0n) is 14.6. The number of fused-ring (bicyclic) bond motifs is 2.